The topological polar surface area (TPSA) is 162 Å². The maximum atomic E-state index is 12.1. The van der Waals surface area contributed by atoms with Gasteiger partial charge in [0.2, 0.25) is 35.4 Å². The summed E-state index contributed by atoms with van der Waals surface area (Å²) in [6.45, 7) is 31.8. The Balaban J connectivity index is -0.000000169. The highest BCUT2D eigenvalue weighted by Crippen LogP contribution is 2.32. The van der Waals surface area contributed by atoms with Gasteiger partial charge in [-0.25, -0.2) is 0 Å². The van der Waals surface area contributed by atoms with Gasteiger partial charge in [0.15, 0.2) is 0 Å². The first-order valence-corrected chi connectivity index (χ1v) is 23.0. The van der Waals surface area contributed by atoms with Gasteiger partial charge in [-0.05, 0) is 40.4 Å². The number of aliphatic hydroxyl groups is 2. The molecule has 0 heterocycles. The predicted octanol–water partition coefficient (Wildman–Crippen LogP) is 7.27. The number of hydrogen-bond acceptors (Lipinski definition) is 9. The second-order valence-electron chi connectivity index (χ2n) is 23.5. The van der Waals surface area contributed by atoms with Crippen LogP contribution in [0, 0.1) is 50.7 Å². The van der Waals surface area contributed by atoms with Gasteiger partial charge in [-0.15, -0.1) is 0 Å². The summed E-state index contributed by atoms with van der Waals surface area (Å²) in [6, 6.07) is 0. The monoisotopic (exact) mass is 951 g/mol. The Bertz CT molecular complexity index is 1340. The molecule has 0 rings (SSSR count). The Labute approximate surface area is 406 Å². The minimum absolute atomic E-state index is 0. The van der Waals surface area contributed by atoms with Crippen LogP contribution in [0.5, 0.6) is 0 Å². The number of aliphatic hydroxyl groups excluding tert-OH is 2. The fraction of sp³-hybridized carbons (Fsp3) is 0.880. The lowest BCUT2D eigenvalue weighted by atomic mass is 9.77. The summed E-state index contributed by atoms with van der Waals surface area (Å²) in [5.41, 5.74) is -0.371. The maximum absolute atomic E-state index is 12.1. The van der Waals surface area contributed by atoms with Crippen molar-refractivity contribution in [2.45, 2.75) is 144 Å². The molecule has 0 aromatic carbocycles. The zero-order valence-electron chi connectivity index (χ0n) is 46.4. The quantitative estimate of drug-likeness (QED) is 0.182. The van der Waals surface area contributed by atoms with E-state index in [1.165, 1.54) is 9.80 Å². The number of carbonyl (C=O) groups is 6. The normalized spacial score (nSPS) is 13.7. The third-order valence-corrected chi connectivity index (χ3v) is 10.5. The third kappa shape index (κ3) is 34.1. The Kier molecular flexibility index (Phi) is 36.2. The number of amides is 6. The molecular formula is C50H106N6O8S. The fourth-order valence-electron chi connectivity index (χ4n) is 5.99. The summed E-state index contributed by atoms with van der Waals surface area (Å²) in [6.07, 6.45) is 1.06. The van der Waals surface area contributed by atoms with Crippen molar-refractivity contribution in [1.82, 2.24) is 29.4 Å². The van der Waals surface area contributed by atoms with E-state index in [1.54, 1.807) is 111 Å². The van der Waals surface area contributed by atoms with Crippen LogP contribution < -0.4 is 0 Å². The zero-order valence-corrected chi connectivity index (χ0v) is 47.3. The van der Waals surface area contributed by atoms with Crippen LogP contribution in [-0.4, -0.2) is 178 Å². The van der Waals surface area contributed by atoms with Gasteiger partial charge >= 0.3 is 0 Å². The molecule has 0 saturated carbocycles. The number of rotatable bonds is 11. The van der Waals surface area contributed by atoms with E-state index in [0.29, 0.717) is 25.0 Å². The molecule has 15 heteroatoms. The van der Waals surface area contributed by atoms with E-state index in [2.05, 4.69) is 54.2 Å². The average molecular weight is 951 g/mol. The molecule has 0 saturated heterocycles. The largest absolute Gasteiger partial charge is 0.396 e. The Morgan fingerprint density at radius 1 is 0.462 bits per heavy atom. The van der Waals surface area contributed by atoms with Gasteiger partial charge in [0, 0.05) is 109 Å². The molecule has 0 aromatic rings. The predicted molar refractivity (Wildman–Crippen MR) is 277 cm³/mol. The van der Waals surface area contributed by atoms with Gasteiger partial charge < -0.3 is 39.6 Å². The summed E-state index contributed by atoms with van der Waals surface area (Å²) in [4.78, 5) is 79.0. The Morgan fingerprint density at radius 3 is 0.892 bits per heavy atom. The lowest BCUT2D eigenvalue weighted by Gasteiger charge is -2.33. The van der Waals surface area contributed by atoms with E-state index in [4.69, 9.17) is 5.11 Å². The number of thiol groups is 1. The molecule has 2 N–H and O–H groups in total. The molecule has 6 amide bonds. The second-order valence-corrected chi connectivity index (χ2v) is 23.9. The molecular weight excluding hydrogens is 845 g/mol. The van der Waals surface area contributed by atoms with Crippen LogP contribution in [0.25, 0.3) is 0 Å². The van der Waals surface area contributed by atoms with Crippen molar-refractivity contribution < 1.29 is 39.0 Å². The van der Waals surface area contributed by atoms with Crippen LogP contribution in [0.3, 0.4) is 0 Å². The number of carbonyl (C=O) groups excluding carboxylic acids is 6. The molecule has 390 valence electrons. The van der Waals surface area contributed by atoms with Gasteiger partial charge in [0.25, 0.3) is 0 Å². The summed E-state index contributed by atoms with van der Waals surface area (Å²) in [7, 11) is 21.0. The molecule has 5 unspecified atom stereocenters. The standard InChI is InChI=1S/C13H26N2O2.C10H21NO2.C9H19NO2.C9H19NOS.C8H17NO.CH4/c1-13(2,3)10(12(17)15(6)7)8-9-11(16)14(4)5;1-7(12)8(10(2,3)4)9(13)11(5)6;1-9(2,3)7(6-11)8(12)10(4)5;1-9(2,3)7(6-12)8(11)10(4)5;1-8(2,3)6-7(10)9(4)5;/h10H,8-9H2,1-7H3;7-8,12H,1-6H3;7,11H,6H2,1-5H3;7,12H,6H2,1-5H3;6H2,1-5H3;1H4. The first-order valence-electron chi connectivity index (χ1n) is 22.3. The minimum Gasteiger partial charge on any atom is -0.396 e. The van der Waals surface area contributed by atoms with Crippen molar-refractivity contribution in [1.29, 1.82) is 0 Å². The minimum atomic E-state index is -0.602. The summed E-state index contributed by atoms with van der Waals surface area (Å²) in [5, 5.41) is 18.6. The first-order chi connectivity index (χ1) is 28.2. The molecule has 0 aliphatic heterocycles. The van der Waals surface area contributed by atoms with Crippen LogP contribution in [0.1, 0.15) is 137 Å². The lowest BCUT2D eigenvalue weighted by molar-refractivity contribution is -0.141. The van der Waals surface area contributed by atoms with Crippen molar-refractivity contribution in [2.75, 3.05) is 96.9 Å². The van der Waals surface area contributed by atoms with Gasteiger partial charge in [-0.1, -0.05) is 111 Å². The summed E-state index contributed by atoms with van der Waals surface area (Å²) < 4.78 is 0. The van der Waals surface area contributed by atoms with Gasteiger partial charge in [0.05, 0.1) is 30.5 Å². The van der Waals surface area contributed by atoms with Crippen LogP contribution in [-0.2, 0) is 28.8 Å². The lowest BCUT2D eigenvalue weighted by Crippen LogP contribution is -2.43. The van der Waals surface area contributed by atoms with Crippen molar-refractivity contribution in [3.63, 3.8) is 0 Å². The second kappa shape index (κ2) is 32.0. The van der Waals surface area contributed by atoms with Gasteiger partial charge in [0.1, 0.15) is 0 Å². The smallest absolute Gasteiger partial charge is 0.228 e. The Hall–Kier alpha value is -2.91. The zero-order chi connectivity index (χ0) is 52.9. The molecule has 0 bridgehead atoms. The molecule has 0 aliphatic carbocycles. The van der Waals surface area contributed by atoms with Crippen molar-refractivity contribution in [2.24, 2.45) is 50.7 Å². The van der Waals surface area contributed by atoms with E-state index >= 15 is 0 Å². The van der Waals surface area contributed by atoms with E-state index in [1.807, 2.05) is 62.3 Å². The van der Waals surface area contributed by atoms with Crippen LogP contribution >= 0.6 is 12.6 Å². The fourth-order valence-corrected chi connectivity index (χ4v) is 6.69. The van der Waals surface area contributed by atoms with Crippen LogP contribution in [0.4, 0.5) is 0 Å². The third-order valence-electron chi connectivity index (χ3n) is 10.2. The highest BCUT2D eigenvalue weighted by molar-refractivity contribution is 7.80. The van der Waals surface area contributed by atoms with Crippen molar-refractivity contribution >= 4 is 48.1 Å². The number of hydrogen-bond donors (Lipinski definition) is 3. The molecule has 0 aliphatic rings. The summed E-state index contributed by atoms with van der Waals surface area (Å²) in [5.74, 6) is 0.403. The van der Waals surface area contributed by atoms with Gasteiger partial charge in [-0.3, -0.25) is 28.8 Å². The number of nitrogens with zero attached hydrogens (tertiary/aromatic N) is 6. The highest BCUT2D eigenvalue weighted by Gasteiger charge is 2.36. The molecule has 65 heavy (non-hydrogen) atoms. The molecule has 0 radical (unpaired) electrons. The van der Waals surface area contributed by atoms with Gasteiger partial charge in [-0.2, -0.15) is 12.6 Å². The maximum Gasteiger partial charge on any atom is 0.228 e. The van der Waals surface area contributed by atoms with Crippen molar-refractivity contribution in [3.05, 3.63) is 0 Å². The van der Waals surface area contributed by atoms with Crippen LogP contribution in [0.15, 0.2) is 0 Å². The molecule has 0 aromatic heterocycles. The van der Waals surface area contributed by atoms with E-state index < -0.39 is 6.10 Å². The highest BCUT2D eigenvalue weighted by atomic mass is 32.1. The molecule has 0 fully saturated rings. The molecule has 14 nitrogen and oxygen atoms in total. The Morgan fingerprint density at radius 2 is 0.754 bits per heavy atom. The van der Waals surface area contributed by atoms with Crippen molar-refractivity contribution in [3.8, 4) is 0 Å². The average Bonchev–Trinajstić information content (AvgIpc) is 3.06. The first kappa shape index (κ1) is 73.7. The van der Waals surface area contributed by atoms with Crippen LogP contribution in [0.2, 0.25) is 0 Å². The van der Waals surface area contributed by atoms with E-state index in [0.717, 1.165) is 0 Å². The molecule has 5 atom stereocenters. The SMILES string of the molecule is C.CC(O)C(C(=O)N(C)C)C(C)(C)C.CN(C)C(=O)C(CO)C(C)(C)C.CN(C)C(=O)C(CS)C(C)(C)C.CN(C)C(=O)CC(C)(C)C.CN(C)C(=O)CCC(C(=O)N(C)C)C(C)(C)C. The van der Waals surface area contributed by atoms with E-state index in [9.17, 15) is 33.9 Å². The molecule has 0 spiro atoms. The van der Waals surface area contributed by atoms with E-state index in [-0.39, 0.29) is 100 Å². The summed E-state index contributed by atoms with van der Waals surface area (Å²) >= 11 is 4.20.